The highest BCUT2D eigenvalue weighted by atomic mass is 15.1. The lowest BCUT2D eigenvalue weighted by Crippen LogP contribution is -2.31. The maximum atomic E-state index is 4.29. The molecule has 0 radical (unpaired) electrons. The summed E-state index contributed by atoms with van der Waals surface area (Å²) in [5.74, 6) is 0. The van der Waals surface area contributed by atoms with Crippen molar-refractivity contribution in [3.63, 3.8) is 0 Å². The Balaban J connectivity index is 1.46. The Morgan fingerprint density at radius 2 is 1.65 bits per heavy atom. The van der Waals surface area contributed by atoms with Crippen LogP contribution in [0.1, 0.15) is 70.8 Å². The van der Waals surface area contributed by atoms with Gasteiger partial charge in [-0.3, -0.25) is 0 Å². The number of likely N-dealkylation sites (tertiary alicyclic amines) is 1. The van der Waals surface area contributed by atoms with E-state index < -0.39 is 0 Å². The second kappa shape index (κ2) is 9.37. The normalized spacial score (nSPS) is 21.0. The molecule has 26 heavy (non-hydrogen) atoms. The fourth-order valence-electron chi connectivity index (χ4n) is 4.52. The predicted octanol–water partition coefficient (Wildman–Crippen LogP) is 6.78. The first-order chi connectivity index (χ1) is 12.6. The molecule has 0 N–H and O–H groups in total. The van der Waals surface area contributed by atoms with Crippen molar-refractivity contribution in [3.05, 3.63) is 64.8 Å². The van der Waals surface area contributed by atoms with Crippen LogP contribution in [0.25, 0.3) is 5.57 Å². The van der Waals surface area contributed by atoms with Crippen LogP contribution >= 0.6 is 0 Å². The van der Waals surface area contributed by atoms with E-state index in [0.717, 1.165) is 0 Å². The lowest BCUT2D eigenvalue weighted by atomic mass is 9.86. The Hall–Kier alpha value is -1.60. The van der Waals surface area contributed by atoms with Gasteiger partial charge in [-0.25, -0.2) is 0 Å². The summed E-state index contributed by atoms with van der Waals surface area (Å²) in [5.41, 5.74) is 9.17. The van der Waals surface area contributed by atoms with Crippen molar-refractivity contribution >= 4 is 5.57 Å². The minimum Gasteiger partial charge on any atom is -0.303 e. The first kappa shape index (κ1) is 19.2. The highest BCUT2D eigenvalue weighted by molar-refractivity contribution is 5.67. The molecule has 0 unspecified atom stereocenters. The average molecular weight is 350 g/mol. The van der Waals surface area contributed by atoms with Gasteiger partial charge in [-0.1, -0.05) is 53.6 Å². The molecule has 1 aromatic rings. The molecule has 140 valence electrons. The molecule has 2 fully saturated rings. The van der Waals surface area contributed by atoms with E-state index in [9.17, 15) is 0 Å². The van der Waals surface area contributed by atoms with Crippen LogP contribution < -0.4 is 0 Å². The molecule has 0 amide bonds. The summed E-state index contributed by atoms with van der Waals surface area (Å²) < 4.78 is 0. The molecular weight excluding hydrogens is 314 g/mol. The van der Waals surface area contributed by atoms with Gasteiger partial charge in [0.1, 0.15) is 0 Å². The van der Waals surface area contributed by atoms with Crippen LogP contribution in [-0.4, -0.2) is 24.5 Å². The first-order valence-corrected chi connectivity index (χ1v) is 10.5. The van der Waals surface area contributed by atoms with Crippen molar-refractivity contribution in [1.82, 2.24) is 4.90 Å². The third kappa shape index (κ3) is 4.98. The summed E-state index contributed by atoms with van der Waals surface area (Å²) >= 11 is 0. The molecule has 1 saturated heterocycles. The Bertz CT molecular complexity index is 667. The number of hydrogen-bond acceptors (Lipinski definition) is 1. The van der Waals surface area contributed by atoms with Crippen LogP contribution in [0.5, 0.6) is 0 Å². The standard InChI is InChI=1S/C25H35N/c1-20-10-7-8-14-25(20)21(2)11-9-17-26-18-15-24(16-19-26)22(3)23-12-5-4-6-13-23/h4-6,12-13H,1,7-11,14-19H2,2-3H3/b25-21+. The molecule has 0 aromatic heterocycles. The zero-order valence-corrected chi connectivity index (χ0v) is 16.8. The highest BCUT2D eigenvalue weighted by Crippen LogP contribution is 2.31. The van der Waals surface area contributed by atoms with E-state index in [0.29, 0.717) is 0 Å². The van der Waals surface area contributed by atoms with Crippen LogP contribution in [0, 0.1) is 0 Å². The number of piperidine rings is 1. The molecule has 1 heteroatoms. The molecule has 1 saturated carbocycles. The van der Waals surface area contributed by atoms with Crippen LogP contribution in [0.15, 0.2) is 59.2 Å². The fourth-order valence-corrected chi connectivity index (χ4v) is 4.52. The van der Waals surface area contributed by atoms with Gasteiger partial charge in [-0.05, 0) is 88.5 Å². The minimum absolute atomic E-state index is 1.22. The molecule has 0 spiro atoms. The SMILES string of the molecule is C=C1CCCC/C1=C(/C)CCCN1CCC(=C(C)c2ccccc2)CC1. The molecule has 1 aliphatic carbocycles. The highest BCUT2D eigenvalue weighted by Gasteiger charge is 2.16. The van der Waals surface area contributed by atoms with Crippen molar-refractivity contribution in [2.45, 2.75) is 65.2 Å². The number of allylic oxidation sites excluding steroid dienone is 4. The van der Waals surface area contributed by atoms with Gasteiger partial charge in [0.05, 0.1) is 0 Å². The summed E-state index contributed by atoms with van der Waals surface area (Å²) in [7, 11) is 0. The van der Waals surface area contributed by atoms with Gasteiger partial charge in [-0.15, -0.1) is 0 Å². The Morgan fingerprint density at radius 1 is 0.962 bits per heavy atom. The van der Waals surface area contributed by atoms with E-state index >= 15 is 0 Å². The molecule has 1 aliphatic heterocycles. The van der Waals surface area contributed by atoms with Crippen LogP contribution in [0.4, 0.5) is 0 Å². The maximum Gasteiger partial charge on any atom is 0.00189 e. The molecule has 1 nitrogen and oxygen atoms in total. The molecular formula is C25H35N. The van der Waals surface area contributed by atoms with E-state index in [2.05, 4.69) is 55.7 Å². The van der Waals surface area contributed by atoms with Gasteiger partial charge in [0.2, 0.25) is 0 Å². The van der Waals surface area contributed by atoms with E-state index in [1.807, 2.05) is 0 Å². The molecule has 0 bridgehead atoms. The summed E-state index contributed by atoms with van der Waals surface area (Å²) in [4.78, 5) is 2.66. The smallest absolute Gasteiger partial charge is 0.00189 e. The van der Waals surface area contributed by atoms with Crippen molar-refractivity contribution in [2.24, 2.45) is 0 Å². The molecule has 1 heterocycles. The van der Waals surface area contributed by atoms with E-state index in [1.54, 1.807) is 16.7 Å². The average Bonchev–Trinajstić information content (AvgIpc) is 2.69. The second-order valence-electron chi connectivity index (χ2n) is 8.11. The van der Waals surface area contributed by atoms with Gasteiger partial charge < -0.3 is 4.90 Å². The van der Waals surface area contributed by atoms with Crippen LogP contribution in [-0.2, 0) is 0 Å². The lowest BCUT2D eigenvalue weighted by Gasteiger charge is -2.29. The third-order valence-electron chi connectivity index (χ3n) is 6.32. The van der Waals surface area contributed by atoms with Crippen molar-refractivity contribution in [2.75, 3.05) is 19.6 Å². The van der Waals surface area contributed by atoms with Crippen molar-refractivity contribution in [1.29, 1.82) is 0 Å². The van der Waals surface area contributed by atoms with Gasteiger partial charge in [0.25, 0.3) is 0 Å². The number of rotatable bonds is 5. The van der Waals surface area contributed by atoms with E-state index in [1.165, 1.54) is 87.7 Å². The third-order valence-corrected chi connectivity index (χ3v) is 6.32. The van der Waals surface area contributed by atoms with Gasteiger partial charge in [-0.2, -0.15) is 0 Å². The minimum atomic E-state index is 1.22. The van der Waals surface area contributed by atoms with E-state index in [4.69, 9.17) is 0 Å². The zero-order chi connectivity index (χ0) is 18.4. The molecule has 3 rings (SSSR count). The topological polar surface area (TPSA) is 3.24 Å². The summed E-state index contributed by atoms with van der Waals surface area (Å²) in [5, 5.41) is 0. The fraction of sp³-hybridized carbons (Fsp3) is 0.520. The van der Waals surface area contributed by atoms with Gasteiger partial charge in [0, 0.05) is 13.1 Å². The van der Waals surface area contributed by atoms with E-state index in [-0.39, 0.29) is 0 Å². The Morgan fingerprint density at radius 3 is 2.35 bits per heavy atom. The van der Waals surface area contributed by atoms with Crippen molar-refractivity contribution in [3.8, 4) is 0 Å². The summed E-state index contributed by atoms with van der Waals surface area (Å²) in [6, 6.07) is 10.9. The number of hydrogen-bond donors (Lipinski definition) is 0. The van der Waals surface area contributed by atoms with Gasteiger partial charge >= 0.3 is 0 Å². The first-order valence-electron chi connectivity index (χ1n) is 10.5. The largest absolute Gasteiger partial charge is 0.303 e. The molecule has 1 aromatic carbocycles. The van der Waals surface area contributed by atoms with Crippen LogP contribution in [0.3, 0.4) is 0 Å². The maximum absolute atomic E-state index is 4.29. The van der Waals surface area contributed by atoms with Crippen molar-refractivity contribution < 1.29 is 0 Å². The quantitative estimate of drug-likeness (QED) is 0.566. The lowest BCUT2D eigenvalue weighted by molar-refractivity contribution is 0.254. The van der Waals surface area contributed by atoms with Crippen LogP contribution in [0.2, 0.25) is 0 Å². The number of nitrogens with zero attached hydrogens (tertiary/aromatic N) is 1. The zero-order valence-electron chi connectivity index (χ0n) is 16.8. The molecule has 2 aliphatic rings. The summed E-state index contributed by atoms with van der Waals surface area (Å²) in [6.45, 7) is 12.6. The Labute approximate surface area is 160 Å². The molecule has 0 atom stereocenters. The predicted molar refractivity (Wildman–Crippen MR) is 114 cm³/mol. The second-order valence-corrected chi connectivity index (χ2v) is 8.11. The van der Waals surface area contributed by atoms with Gasteiger partial charge in [0.15, 0.2) is 0 Å². The summed E-state index contributed by atoms with van der Waals surface area (Å²) in [6.07, 6.45) is 10.2. The number of benzene rings is 1. The Kier molecular flexibility index (Phi) is 6.91. The monoisotopic (exact) mass is 349 g/mol.